The van der Waals surface area contributed by atoms with Gasteiger partial charge in [0.15, 0.2) is 0 Å². The molecule has 0 N–H and O–H groups in total. The fourth-order valence-corrected chi connectivity index (χ4v) is 0.724. The van der Waals surface area contributed by atoms with Crippen LogP contribution in [0.15, 0.2) is 4.99 Å². The van der Waals surface area contributed by atoms with E-state index in [0.29, 0.717) is 19.7 Å². The lowest BCUT2D eigenvalue weighted by Crippen LogP contribution is -2.28. The summed E-state index contributed by atoms with van der Waals surface area (Å²) in [6.07, 6.45) is 1.21. The molecule has 0 radical (unpaired) electrons. The minimum absolute atomic E-state index is 0.302. The van der Waals surface area contributed by atoms with Gasteiger partial charge in [-0.3, -0.25) is 9.89 Å². The summed E-state index contributed by atoms with van der Waals surface area (Å²) in [5, 5.41) is 0. The lowest BCUT2D eigenvalue weighted by atomic mass is 10.6. The Hall–Kier alpha value is -1.06. The molecule has 0 aromatic rings. The van der Waals surface area contributed by atoms with Gasteiger partial charge in [0.25, 0.3) is 0 Å². The molecule has 0 bridgehead atoms. The standard InChI is InChI=1S/C6H10N2O2/c1-2-10-6(9)8-4-3-7-5-8/h5H,2-4H2,1H3. The number of ether oxygens (including phenoxy) is 1. The number of nitrogens with zero attached hydrogens (tertiary/aromatic N) is 2. The van der Waals surface area contributed by atoms with E-state index in [1.807, 2.05) is 0 Å². The fourth-order valence-electron chi connectivity index (χ4n) is 0.724. The lowest BCUT2D eigenvalue weighted by Gasteiger charge is -2.09. The molecule has 56 valence electrons. The van der Waals surface area contributed by atoms with E-state index in [9.17, 15) is 4.79 Å². The molecule has 1 rings (SSSR count). The maximum Gasteiger partial charge on any atom is 0.415 e. The van der Waals surface area contributed by atoms with Crippen molar-refractivity contribution in [3.05, 3.63) is 0 Å². The number of aliphatic imine (C=N–C) groups is 1. The second-order valence-electron chi connectivity index (χ2n) is 1.91. The SMILES string of the molecule is CCOC(=O)N1C=NCC1. The molecule has 0 spiro atoms. The van der Waals surface area contributed by atoms with Gasteiger partial charge in [-0.2, -0.15) is 0 Å². The van der Waals surface area contributed by atoms with E-state index in [-0.39, 0.29) is 6.09 Å². The second-order valence-corrected chi connectivity index (χ2v) is 1.91. The van der Waals surface area contributed by atoms with E-state index < -0.39 is 0 Å². The average Bonchev–Trinajstić information content (AvgIpc) is 2.38. The largest absolute Gasteiger partial charge is 0.449 e. The predicted molar refractivity (Wildman–Crippen MR) is 37.1 cm³/mol. The van der Waals surface area contributed by atoms with Crippen LogP contribution in [0.1, 0.15) is 6.92 Å². The van der Waals surface area contributed by atoms with Gasteiger partial charge >= 0.3 is 6.09 Å². The highest BCUT2D eigenvalue weighted by Gasteiger charge is 2.14. The van der Waals surface area contributed by atoms with Gasteiger partial charge in [-0.1, -0.05) is 0 Å². The van der Waals surface area contributed by atoms with Crippen molar-refractivity contribution in [2.45, 2.75) is 6.92 Å². The lowest BCUT2D eigenvalue weighted by molar-refractivity contribution is 0.131. The van der Waals surface area contributed by atoms with E-state index >= 15 is 0 Å². The zero-order valence-corrected chi connectivity index (χ0v) is 5.91. The molecule has 0 saturated heterocycles. The van der Waals surface area contributed by atoms with Crippen molar-refractivity contribution < 1.29 is 9.53 Å². The van der Waals surface area contributed by atoms with Gasteiger partial charge < -0.3 is 4.74 Å². The Morgan fingerprint density at radius 2 is 2.70 bits per heavy atom. The maximum atomic E-state index is 10.9. The topological polar surface area (TPSA) is 41.9 Å². The van der Waals surface area contributed by atoms with Gasteiger partial charge in [0.2, 0.25) is 0 Å². The van der Waals surface area contributed by atoms with Gasteiger partial charge in [0.05, 0.1) is 19.5 Å². The number of rotatable bonds is 1. The van der Waals surface area contributed by atoms with E-state index in [2.05, 4.69) is 4.99 Å². The quantitative estimate of drug-likeness (QED) is 0.534. The smallest absolute Gasteiger partial charge is 0.415 e. The minimum Gasteiger partial charge on any atom is -0.449 e. The molecule has 4 heteroatoms. The molecule has 1 amide bonds. The van der Waals surface area contributed by atoms with Crippen LogP contribution in [0.4, 0.5) is 4.79 Å². The third-order valence-corrected chi connectivity index (χ3v) is 1.19. The van der Waals surface area contributed by atoms with Crippen molar-refractivity contribution in [1.82, 2.24) is 4.90 Å². The summed E-state index contributed by atoms with van der Waals surface area (Å²) in [7, 11) is 0. The van der Waals surface area contributed by atoms with E-state index in [1.165, 1.54) is 11.2 Å². The highest BCUT2D eigenvalue weighted by molar-refractivity contribution is 5.83. The Morgan fingerprint density at radius 1 is 1.90 bits per heavy atom. The summed E-state index contributed by atoms with van der Waals surface area (Å²) in [6.45, 7) is 3.55. The normalized spacial score (nSPS) is 15.9. The third kappa shape index (κ3) is 1.46. The molecule has 0 aliphatic carbocycles. The number of carbonyl (C=O) groups is 1. The van der Waals surface area contributed by atoms with Gasteiger partial charge in [-0.25, -0.2) is 4.79 Å². The molecule has 0 saturated carbocycles. The van der Waals surface area contributed by atoms with Gasteiger partial charge in [0.1, 0.15) is 0 Å². The Kier molecular flexibility index (Phi) is 2.25. The third-order valence-electron chi connectivity index (χ3n) is 1.19. The van der Waals surface area contributed by atoms with Crippen LogP contribution >= 0.6 is 0 Å². The molecule has 0 atom stereocenters. The van der Waals surface area contributed by atoms with Crippen molar-refractivity contribution in [1.29, 1.82) is 0 Å². The van der Waals surface area contributed by atoms with Crippen LogP contribution in [0.2, 0.25) is 0 Å². The van der Waals surface area contributed by atoms with Crippen molar-refractivity contribution >= 4 is 12.4 Å². The van der Waals surface area contributed by atoms with Crippen LogP contribution in [0.25, 0.3) is 0 Å². The van der Waals surface area contributed by atoms with Gasteiger partial charge in [0, 0.05) is 6.54 Å². The van der Waals surface area contributed by atoms with Crippen LogP contribution in [0, 0.1) is 0 Å². The van der Waals surface area contributed by atoms with E-state index in [4.69, 9.17) is 4.74 Å². The van der Waals surface area contributed by atoms with Crippen molar-refractivity contribution in [2.75, 3.05) is 19.7 Å². The first-order chi connectivity index (χ1) is 4.84. The molecule has 0 aromatic carbocycles. The molecular formula is C6H10N2O2. The molecule has 0 unspecified atom stereocenters. The van der Waals surface area contributed by atoms with Crippen LogP contribution in [-0.4, -0.2) is 37.0 Å². The number of carbonyl (C=O) groups excluding carboxylic acids is 1. The van der Waals surface area contributed by atoms with Crippen LogP contribution in [0.5, 0.6) is 0 Å². The Bertz CT molecular complexity index is 156. The van der Waals surface area contributed by atoms with Gasteiger partial charge in [-0.05, 0) is 6.92 Å². The highest BCUT2D eigenvalue weighted by Crippen LogP contribution is 1.95. The summed E-state index contributed by atoms with van der Waals surface area (Å²) >= 11 is 0. The average molecular weight is 142 g/mol. The molecule has 1 heterocycles. The molecule has 1 aliphatic heterocycles. The van der Waals surface area contributed by atoms with Crippen molar-refractivity contribution in [3.8, 4) is 0 Å². The van der Waals surface area contributed by atoms with E-state index in [0.717, 1.165) is 0 Å². The monoisotopic (exact) mass is 142 g/mol. The number of amides is 1. The first kappa shape index (κ1) is 7.05. The zero-order valence-electron chi connectivity index (χ0n) is 5.91. The van der Waals surface area contributed by atoms with E-state index in [1.54, 1.807) is 6.92 Å². The first-order valence-electron chi connectivity index (χ1n) is 3.28. The van der Waals surface area contributed by atoms with Crippen molar-refractivity contribution in [3.63, 3.8) is 0 Å². The molecule has 4 nitrogen and oxygen atoms in total. The van der Waals surface area contributed by atoms with Gasteiger partial charge in [-0.15, -0.1) is 0 Å². The summed E-state index contributed by atoms with van der Waals surface area (Å²) in [5.41, 5.74) is 0. The minimum atomic E-state index is -0.302. The molecule has 1 aliphatic rings. The summed E-state index contributed by atoms with van der Waals surface area (Å²) in [6, 6.07) is 0. The summed E-state index contributed by atoms with van der Waals surface area (Å²) < 4.78 is 4.72. The summed E-state index contributed by atoms with van der Waals surface area (Å²) in [5.74, 6) is 0. The Labute approximate surface area is 59.5 Å². The van der Waals surface area contributed by atoms with Crippen LogP contribution in [0.3, 0.4) is 0 Å². The first-order valence-corrected chi connectivity index (χ1v) is 3.28. The number of hydrogen-bond donors (Lipinski definition) is 0. The van der Waals surface area contributed by atoms with Crippen molar-refractivity contribution in [2.24, 2.45) is 4.99 Å². The highest BCUT2D eigenvalue weighted by atomic mass is 16.6. The molecular weight excluding hydrogens is 132 g/mol. The molecule has 0 fully saturated rings. The zero-order chi connectivity index (χ0) is 7.40. The Balaban J connectivity index is 2.33. The van der Waals surface area contributed by atoms with Crippen LogP contribution in [-0.2, 0) is 4.74 Å². The second kappa shape index (κ2) is 3.20. The maximum absolute atomic E-state index is 10.9. The predicted octanol–water partition coefficient (Wildman–Crippen LogP) is 0.487. The van der Waals surface area contributed by atoms with Crippen LogP contribution < -0.4 is 0 Å². The molecule has 10 heavy (non-hydrogen) atoms. The Morgan fingerprint density at radius 3 is 3.20 bits per heavy atom. The fraction of sp³-hybridized carbons (Fsp3) is 0.667. The molecule has 0 aromatic heterocycles. The summed E-state index contributed by atoms with van der Waals surface area (Å²) in [4.78, 5) is 16.2. The number of hydrogen-bond acceptors (Lipinski definition) is 3.